The van der Waals surface area contributed by atoms with Gasteiger partial charge in [0.25, 0.3) is 0 Å². The molecule has 3 atom stereocenters. The summed E-state index contributed by atoms with van der Waals surface area (Å²) in [5, 5.41) is 0. The van der Waals surface area contributed by atoms with Crippen molar-refractivity contribution >= 4 is 17.7 Å². The van der Waals surface area contributed by atoms with Gasteiger partial charge in [-0.1, -0.05) is 13.8 Å². The van der Waals surface area contributed by atoms with E-state index in [2.05, 4.69) is 0 Å². The van der Waals surface area contributed by atoms with E-state index in [1.54, 1.807) is 6.92 Å². The molecule has 0 spiro atoms. The average Bonchev–Trinajstić information content (AvgIpc) is 2.61. The van der Waals surface area contributed by atoms with Gasteiger partial charge in [0.05, 0.1) is 5.57 Å². The van der Waals surface area contributed by atoms with Crippen LogP contribution in [0.1, 0.15) is 41.0 Å². The number of cyclic esters (lactones) is 1. The van der Waals surface area contributed by atoms with Crippen molar-refractivity contribution in [2.45, 2.75) is 53.2 Å². The quantitative estimate of drug-likeness (QED) is 0.711. The maximum atomic E-state index is 11.9. The molecular formula is C14H20O5. The first-order valence-corrected chi connectivity index (χ1v) is 6.38. The summed E-state index contributed by atoms with van der Waals surface area (Å²) in [6.45, 7) is 8.18. The van der Waals surface area contributed by atoms with Gasteiger partial charge < -0.3 is 9.47 Å². The highest BCUT2D eigenvalue weighted by molar-refractivity contribution is 5.99. The molecule has 0 N–H and O–H groups in total. The van der Waals surface area contributed by atoms with Crippen molar-refractivity contribution in [1.29, 1.82) is 0 Å². The van der Waals surface area contributed by atoms with E-state index in [0.29, 0.717) is 11.1 Å². The maximum absolute atomic E-state index is 11.9. The molecule has 0 fully saturated rings. The van der Waals surface area contributed by atoms with E-state index < -0.39 is 24.1 Å². The summed E-state index contributed by atoms with van der Waals surface area (Å²) >= 11 is 0. The van der Waals surface area contributed by atoms with Crippen LogP contribution < -0.4 is 0 Å². The van der Waals surface area contributed by atoms with E-state index in [4.69, 9.17) is 9.47 Å². The van der Waals surface area contributed by atoms with E-state index in [9.17, 15) is 14.4 Å². The highest BCUT2D eigenvalue weighted by Gasteiger charge is 2.41. The molecule has 19 heavy (non-hydrogen) atoms. The molecule has 5 heteroatoms. The molecular weight excluding hydrogens is 248 g/mol. The lowest BCUT2D eigenvalue weighted by Gasteiger charge is -2.22. The monoisotopic (exact) mass is 268 g/mol. The van der Waals surface area contributed by atoms with Crippen LogP contribution in [-0.2, 0) is 23.9 Å². The predicted octanol–water partition coefficient (Wildman–Crippen LogP) is 1.80. The van der Waals surface area contributed by atoms with Gasteiger partial charge in [0, 0.05) is 6.92 Å². The van der Waals surface area contributed by atoms with Gasteiger partial charge in [-0.2, -0.15) is 0 Å². The Labute approximate surface area is 112 Å². The van der Waals surface area contributed by atoms with E-state index >= 15 is 0 Å². The Balaban J connectivity index is 3.16. The van der Waals surface area contributed by atoms with Crippen LogP contribution in [0.5, 0.6) is 0 Å². The summed E-state index contributed by atoms with van der Waals surface area (Å²) in [6, 6.07) is 0. The lowest BCUT2D eigenvalue weighted by molar-refractivity contribution is -0.151. The van der Waals surface area contributed by atoms with Crippen LogP contribution in [0.2, 0.25) is 0 Å². The Kier molecular flexibility index (Phi) is 4.86. The number of hydrogen-bond donors (Lipinski definition) is 0. The van der Waals surface area contributed by atoms with E-state index in [0.717, 1.165) is 6.42 Å². The SMILES string of the molecule is CCC(C)C(OC(C)=O)C1=C(C)C(C(C)=O)OC1=O. The third kappa shape index (κ3) is 3.22. The zero-order valence-electron chi connectivity index (χ0n) is 12.0. The van der Waals surface area contributed by atoms with Crippen molar-refractivity contribution in [3.05, 3.63) is 11.1 Å². The van der Waals surface area contributed by atoms with Crippen molar-refractivity contribution in [3.8, 4) is 0 Å². The van der Waals surface area contributed by atoms with Crippen LogP contribution in [0.25, 0.3) is 0 Å². The summed E-state index contributed by atoms with van der Waals surface area (Å²) in [5.74, 6) is -1.27. The summed E-state index contributed by atoms with van der Waals surface area (Å²) in [7, 11) is 0. The number of ether oxygens (including phenoxy) is 2. The second-order valence-corrected chi connectivity index (χ2v) is 4.91. The van der Waals surface area contributed by atoms with Crippen molar-refractivity contribution in [3.63, 3.8) is 0 Å². The molecule has 0 aromatic carbocycles. The molecule has 1 heterocycles. The normalized spacial score (nSPS) is 21.9. The second-order valence-electron chi connectivity index (χ2n) is 4.91. The number of carbonyl (C=O) groups is 3. The number of rotatable bonds is 5. The van der Waals surface area contributed by atoms with Crippen molar-refractivity contribution in [2.24, 2.45) is 5.92 Å². The first kappa shape index (κ1) is 15.4. The number of Topliss-reactive ketones (excluding diaryl/α,β-unsaturated/α-hetero) is 1. The first-order valence-electron chi connectivity index (χ1n) is 6.38. The lowest BCUT2D eigenvalue weighted by atomic mass is 9.91. The fraction of sp³-hybridized carbons (Fsp3) is 0.643. The number of carbonyl (C=O) groups excluding carboxylic acids is 3. The topological polar surface area (TPSA) is 69.7 Å². The Bertz CT molecular complexity index is 435. The molecule has 0 aromatic heterocycles. The van der Waals surface area contributed by atoms with E-state index in [-0.39, 0.29) is 11.7 Å². The van der Waals surface area contributed by atoms with Gasteiger partial charge in [-0.3, -0.25) is 9.59 Å². The number of ketones is 1. The van der Waals surface area contributed by atoms with Crippen molar-refractivity contribution < 1.29 is 23.9 Å². The number of esters is 2. The Morgan fingerprint density at radius 1 is 1.37 bits per heavy atom. The molecule has 1 rings (SSSR count). The third-order valence-electron chi connectivity index (χ3n) is 3.37. The molecule has 0 saturated heterocycles. The highest BCUT2D eigenvalue weighted by atomic mass is 16.6. The fourth-order valence-electron chi connectivity index (χ4n) is 2.14. The first-order chi connectivity index (χ1) is 8.79. The van der Waals surface area contributed by atoms with E-state index in [1.807, 2.05) is 13.8 Å². The summed E-state index contributed by atoms with van der Waals surface area (Å²) in [4.78, 5) is 34.5. The molecule has 0 saturated carbocycles. The fourth-order valence-corrected chi connectivity index (χ4v) is 2.14. The highest BCUT2D eigenvalue weighted by Crippen LogP contribution is 2.31. The zero-order valence-corrected chi connectivity index (χ0v) is 12.0. The second kappa shape index (κ2) is 5.99. The van der Waals surface area contributed by atoms with Crippen LogP contribution in [-0.4, -0.2) is 29.9 Å². The molecule has 1 aliphatic rings. The summed E-state index contributed by atoms with van der Waals surface area (Å²) in [6.07, 6.45) is -0.754. The molecule has 0 aliphatic carbocycles. The van der Waals surface area contributed by atoms with Gasteiger partial charge >= 0.3 is 11.9 Å². The van der Waals surface area contributed by atoms with Gasteiger partial charge in [-0.15, -0.1) is 0 Å². The molecule has 3 unspecified atom stereocenters. The van der Waals surface area contributed by atoms with Crippen molar-refractivity contribution in [1.82, 2.24) is 0 Å². The van der Waals surface area contributed by atoms with Gasteiger partial charge in [0.15, 0.2) is 11.9 Å². The Morgan fingerprint density at radius 2 is 1.95 bits per heavy atom. The molecule has 0 aromatic rings. The molecule has 106 valence electrons. The minimum Gasteiger partial charge on any atom is -0.457 e. The molecule has 0 amide bonds. The minimum absolute atomic E-state index is 0.0212. The smallest absolute Gasteiger partial charge is 0.338 e. The van der Waals surface area contributed by atoms with Gasteiger partial charge in [-0.05, 0) is 31.8 Å². The summed E-state index contributed by atoms with van der Waals surface area (Å²) in [5.41, 5.74) is 0.855. The molecule has 5 nitrogen and oxygen atoms in total. The van der Waals surface area contributed by atoms with Crippen LogP contribution in [0.15, 0.2) is 11.1 Å². The predicted molar refractivity (Wildman–Crippen MR) is 68.3 cm³/mol. The third-order valence-corrected chi connectivity index (χ3v) is 3.37. The maximum Gasteiger partial charge on any atom is 0.338 e. The molecule has 0 bridgehead atoms. The standard InChI is InChI=1S/C14H20O5/c1-6-7(2)12(18-10(5)16)11-8(3)13(9(4)15)19-14(11)17/h7,12-13H,6H2,1-5H3. The molecule has 1 aliphatic heterocycles. The van der Waals surface area contributed by atoms with Gasteiger partial charge in [0.2, 0.25) is 0 Å². The average molecular weight is 268 g/mol. The number of hydrogen-bond acceptors (Lipinski definition) is 5. The summed E-state index contributed by atoms with van der Waals surface area (Å²) < 4.78 is 10.3. The van der Waals surface area contributed by atoms with Gasteiger partial charge in [-0.25, -0.2) is 4.79 Å². The zero-order chi connectivity index (χ0) is 14.7. The van der Waals surface area contributed by atoms with E-state index in [1.165, 1.54) is 13.8 Å². The van der Waals surface area contributed by atoms with Crippen LogP contribution in [0.3, 0.4) is 0 Å². The Hall–Kier alpha value is -1.65. The Morgan fingerprint density at radius 3 is 2.32 bits per heavy atom. The largest absolute Gasteiger partial charge is 0.457 e. The van der Waals surface area contributed by atoms with Crippen LogP contribution >= 0.6 is 0 Å². The van der Waals surface area contributed by atoms with Crippen molar-refractivity contribution in [2.75, 3.05) is 0 Å². The van der Waals surface area contributed by atoms with Gasteiger partial charge in [0.1, 0.15) is 6.10 Å². The van der Waals surface area contributed by atoms with Crippen LogP contribution in [0.4, 0.5) is 0 Å². The molecule has 0 radical (unpaired) electrons. The van der Waals surface area contributed by atoms with Crippen LogP contribution in [0, 0.1) is 5.92 Å². The lowest BCUT2D eigenvalue weighted by Crippen LogP contribution is -2.29. The minimum atomic E-state index is -0.843.